The predicted octanol–water partition coefficient (Wildman–Crippen LogP) is 1.43. The molecule has 0 fully saturated rings. The normalized spacial score (nSPS) is 11.8. The molecule has 7 nitrogen and oxygen atoms in total. The highest BCUT2D eigenvalue weighted by Crippen LogP contribution is 2.19. The summed E-state index contributed by atoms with van der Waals surface area (Å²) >= 11 is 0.143. The van der Waals surface area contributed by atoms with E-state index in [1.807, 2.05) is 6.92 Å². The lowest BCUT2D eigenvalue weighted by Crippen LogP contribution is -2.06. The van der Waals surface area contributed by atoms with Crippen molar-refractivity contribution >= 4 is 34.5 Å². The van der Waals surface area contributed by atoms with Crippen molar-refractivity contribution in [2.24, 2.45) is 0 Å². The van der Waals surface area contributed by atoms with E-state index in [2.05, 4.69) is 19.0 Å². The molecule has 98 valence electrons. The Morgan fingerprint density at radius 2 is 2.39 bits per heavy atom. The molecule has 0 saturated carbocycles. The molecule has 0 amide bonds. The fourth-order valence-corrected chi connectivity index (χ4v) is 2.73. The van der Waals surface area contributed by atoms with Gasteiger partial charge in [0.15, 0.2) is 17.5 Å². The fraction of sp³-hybridized carbons (Fsp3) is 0.444. The third-order valence-electron chi connectivity index (χ3n) is 2.21. The molecule has 0 aliphatic heterocycles. The van der Waals surface area contributed by atoms with Crippen LogP contribution in [0.25, 0.3) is 0 Å². The Kier molecular flexibility index (Phi) is 4.39. The van der Waals surface area contributed by atoms with Gasteiger partial charge >= 0.3 is 0 Å². The zero-order valence-electron chi connectivity index (χ0n) is 9.75. The number of nitrogen functional groups attached to an aromatic ring is 1. The van der Waals surface area contributed by atoms with Crippen LogP contribution in [0.5, 0.6) is 0 Å². The Morgan fingerprint density at radius 1 is 1.56 bits per heavy atom. The first-order valence-electron chi connectivity index (χ1n) is 5.22. The van der Waals surface area contributed by atoms with Gasteiger partial charge in [0.2, 0.25) is 11.6 Å². The molecule has 0 saturated heterocycles. The van der Waals surface area contributed by atoms with Gasteiger partial charge in [0.05, 0.1) is 11.4 Å². The number of anilines is 2. The highest BCUT2D eigenvalue weighted by molar-refractivity contribution is 7.98. The number of nitrogens with two attached hydrogens (primary N) is 1. The molecule has 0 radical (unpaired) electrons. The van der Waals surface area contributed by atoms with Gasteiger partial charge in [-0.05, 0) is 6.92 Å². The van der Waals surface area contributed by atoms with Gasteiger partial charge in [-0.2, -0.15) is 11.8 Å². The minimum atomic E-state index is -1.56. The standard InChI is InChI=1S/C9H13N5O2S2/c1-6-7(16-5-12-6)4-17-3-2-11-9-8(10)13-18(15)14-9/h5H,2-4H2,1H3,(H2,10,13)(H,11,14). The van der Waals surface area contributed by atoms with Gasteiger partial charge in [-0.1, -0.05) is 0 Å². The molecule has 0 aliphatic rings. The summed E-state index contributed by atoms with van der Waals surface area (Å²) in [5.74, 6) is 3.11. The van der Waals surface area contributed by atoms with Crippen LogP contribution in [0.15, 0.2) is 10.8 Å². The number of hydrogen-bond donors (Lipinski definition) is 2. The summed E-state index contributed by atoms with van der Waals surface area (Å²) in [6.07, 6.45) is 1.45. The maximum absolute atomic E-state index is 10.9. The molecule has 0 aromatic carbocycles. The predicted molar refractivity (Wildman–Crippen MR) is 71.0 cm³/mol. The second-order valence-electron chi connectivity index (χ2n) is 3.49. The van der Waals surface area contributed by atoms with Crippen LogP contribution in [0.1, 0.15) is 11.5 Å². The molecule has 2 heterocycles. The summed E-state index contributed by atoms with van der Waals surface area (Å²) < 4.78 is 23.5. The van der Waals surface area contributed by atoms with Crippen LogP contribution in [-0.4, -0.2) is 30.6 Å². The molecule has 3 N–H and O–H groups in total. The largest absolute Gasteiger partial charge is 0.546 e. The van der Waals surface area contributed by atoms with Gasteiger partial charge in [0.1, 0.15) is 5.76 Å². The van der Waals surface area contributed by atoms with Crippen LogP contribution in [-0.2, 0) is 5.75 Å². The van der Waals surface area contributed by atoms with E-state index in [1.54, 1.807) is 11.8 Å². The summed E-state index contributed by atoms with van der Waals surface area (Å²) in [5.41, 5.74) is 6.43. The Hall–Kier alpha value is -1.32. The van der Waals surface area contributed by atoms with Crippen molar-refractivity contribution in [1.29, 1.82) is 0 Å². The second kappa shape index (κ2) is 6.03. The van der Waals surface area contributed by atoms with Crippen molar-refractivity contribution < 1.29 is 8.97 Å². The van der Waals surface area contributed by atoms with Gasteiger partial charge in [-0.15, -0.1) is 0 Å². The number of nitrogens with zero attached hydrogens (tertiary/aromatic N) is 3. The summed E-state index contributed by atoms with van der Waals surface area (Å²) in [6, 6.07) is 0. The molecular formula is C9H13N5O2S2. The van der Waals surface area contributed by atoms with Crippen molar-refractivity contribution in [3.8, 4) is 0 Å². The van der Waals surface area contributed by atoms with Crippen molar-refractivity contribution in [2.45, 2.75) is 12.7 Å². The summed E-state index contributed by atoms with van der Waals surface area (Å²) in [6.45, 7) is 2.58. The average molecular weight is 287 g/mol. The van der Waals surface area contributed by atoms with E-state index in [9.17, 15) is 4.55 Å². The molecule has 2 aromatic heterocycles. The van der Waals surface area contributed by atoms with Gasteiger partial charge in [0, 0.05) is 21.0 Å². The van der Waals surface area contributed by atoms with Crippen molar-refractivity contribution in [1.82, 2.24) is 13.7 Å². The van der Waals surface area contributed by atoms with E-state index in [-0.39, 0.29) is 5.82 Å². The van der Waals surface area contributed by atoms with Crippen LogP contribution < -0.4 is 11.1 Å². The van der Waals surface area contributed by atoms with Gasteiger partial charge < -0.3 is 20.0 Å². The zero-order valence-corrected chi connectivity index (χ0v) is 11.4. The molecule has 18 heavy (non-hydrogen) atoms. The lowest BCUT2D eigenvalue weighted by atomic mass is 10.4. The number of nitrogens with one attached hydrogen (secondary N) is 1. The smallest absolute Gasteiger partial charge is 0.232 e. The lowest BCUT2D eigenvalue weighted by molar-refractivity contribution is 0.522. The average Bonchev–Trinajstić information content (AvgIpc) is 2.86. The van der Waals surface area contributed by atoms with E-state index >= 15 is 0 Å². The number of aryl methyl sites for hydroxylation is 1. The van der Waals surface area contributed by atoms with Crippen LogP contribution in [0.2, 0.25) is 0 Å². The van der Waals surface area contributed by atoms with Crippen LogP contribution >= 0.6 is 22.9 Å². The van der Waals surface area contributed by atoms with E-state index in [4.69, 9.17) is 10.2 Å². The van der Waals surface area contributed by atoms with E-state index < -0.39 is 11.1 Å². The fourth-order valence-electron chi connectivity index (χ4n) is 1.27. The molecule has 1 atom stereocenters. The molecule has 9 heteroatoms. The molecular weight excluding hydrogens is 274 g/mol. The molecule has 0 aliphatic carbocycles. The minimum absolute atomic E-state index is 0.199. The van der Waals surface area contributed by atoms with Crippen LogP contribution in [0, 0.1) is 6.92 Å². The molecule has 0 spiro atoms. The number of aromatic nitrogens is 3. The highest BCUT2D eigenvalue weighted by atomic mass is 32.2. The Labute approximate surface area is 111 Å². The topological polar surface area (TPSA) is 113 Å². The quantitative estimate of drug-likeness (QED) is 0.606. The Bertz CT molecular complexity index is 513. The van der Waals surface area contributed by atoms with Crippen molar-refractivity contribution in [2.75, 3.05) is 23.3 Å². The number of thioether (sulfide) groups is 1. The first-order chi connectivity index (χ1) is 8.66. The monoisotopic (exact) mass is 287 g/mol. The molecule has 0 bridgehead atoms. The van der Waals surface area contributed by atoms with Gasteiger partial charge in [0.25, 0.3) is 0 Å². The highest BCUT2D eigenvalue weighted by Gasteiger charge is 2.11. The number of oxazole rings is 1. The number of rotatable bonds is 6. The maximum atomic E-state index is 10.9. The van der Waals surface area contributed by atoms with Crippen LogP contribution in [0.3, 0.4) is 0 Å². The molecule has 1 unspecified atom stereocenters. The van der Waals surface area contributed by atoms with Crippen molar-refractivity contribution in [3.05, 3.63) is 17.8 Å². The van der Waals surface area contributed by atoms with Gasteiger partial charge in [-0.3, -0.25) is 0 Å². The third kappa shape index (κ3) is 3.34. The van der Waals surface area contributed by atoms with E-state index in [0.29, 0.717) is 12.4 Å². The van der Waals surface area contributed by atoms with Gasteiger partial charge in [-0.25, -0.2) is 4.98 Å². The SMILES string of the molecule is Cc1ncoc1CSCCNc1n[s+]([O-])nc1N. The second-order valence-corrected chi connectivity index (χ2v) is 5.42. The summed E-state index contributed by atoms with van der Waals surface area (Å²) in [4.78, 5) is 4.02. The van der Waals surface area contributed by atoms with E-state index in [1.165, 1.54) is 6.39 Å². The molecule has 2 aromatic rings. The van der Waals surface area contributed by atoms with E-state index in [0.717, 1.165) is 23.0 Å². The van der Waals surface area contributed by atoms with Crippen molar-refractivity contribution in [3.63, 3.8) is 0 Å². The first-order valence-corrected chi connectivity index (χ1v) is 7.44. The van der Waals surface area contributed by atoms with Crippen LogP contribution in [0.4, 0.5) is 11.6 Å². The Morgan fingerprint density at radius 3 is 3.00 bits per heavy atom. The lowest BCUT2D eigenvalue weighted by Gasteiger charge is -2.01. The Balaban J connectivity index is 1.67. The summed E-state index contributed by atoms with van der Waals surface area (Å²) in [7, 11) is 0. The third-order valence-corrected chi connectivity index (χ3v) is 3.86. The first kappa shape index (κ1) is 13.1. The maximum Gasteiger partial charge on any atom is 0.232 e. The zero-order chi connectivity index (χ0) is 13.0. The number of hydrogen-bond acceptors (Lipinski definition) is 8. The summed E-state index contributed by atoms with van der Waals surface area (Å²) in [5, 5.41) is 2.99. The minimum Gasteiger partial charge on any atom is -0.546 e. The molecule has 2 rings (SSSR count).